The molecular weight excluding hydrogens is 204 g/mol. The molecular formula is C10H14N6. The molecule has 2 aromatic heterocycles. The van der Waals surface area contributed by atoms with Crippen molar-refractivity contribution in [2.45, 2.75) is 13.5 Å². The Balaban J connectivity index is 2.05. The van der Waals surface area contributed by atoms with Gasteiger partial charge in [0.2, 0.25) is 0 Å². The monoisotopic (exact) mass is 218 g/mol. The van der Waals surface area contributed by atoms with Gasteiger partial charge in [-0.3, -0.25) is 4.68 Å². The summed E-state index contributed by atoms with van der Waals surface area (Å²) < 4.78 is 1.67. The Kier molecular flexibility index (Phi) is 2.72. The Hall–Kier alpha value is -2.11. The number of nitrogen functional groups attached to an aromatic ring is 1. The van der Waals surface area contributed by atoms with E-state index in [1.165, 1.54) is 0 Å². The number of aromatic nitrogens is 4. The molecule has 0 bridgehead atoms. The van der Waals surface area contributed by atoms with Gasteiger partial charge in [0.1, 0.15) is 5.82 Å². The van der Waals surface area contributed by atoms with Crippen LogP contribution in [0.25, 0.3) is 0 Å². The molecule has 84 valence electrons. The highest BCUT2D eigenvalue weighted by Crippen LogP contribution is 2.14. The lowest BCUT2D eigenvalue weighted by Crippen LogP contribution is -2.05. The van der Waals surface area contributed by atoms with Gasteiger partial charge in [-0.05, 0) is 13.0 Å². The highest BCUT2D eigenvalue weighted by Gasteiger charge is 2.03. The third kappa shape index (κ3) is 2.28. The maximum absolute atomic E-state index is 5.76. The van der Waals surface area contributed by atoms with Crippen molar-refractivity contribution in [2.24, 2.45) is 7.05 Å². The van der Waals surface area contributed by atoms with Crippen molar-refractivity contribution < 1.29 is 0 Å². The number of hydrogen-bond donors (Lipinski definition) is 2. The van der Waals surface area contributed by atoms with Crippen LogP contribution in [0.15, 0.2) is 18.5 Å². The second kappa shape index (κ2) is 4.18. The molecule has 0 saturated heterocycles. The second-order valence-corrected chi connectivity index (χ2v) is 3.56. The maximum atomic E-state index is 5.76. The summed E-state index contributed by atoms with van der Waals surface area (Å²) >= 11 is 0. The van der Waals surface area contributed by atoms with Crippen LogP contribution in [0.5, 0.6) is 0 Å². The van der Waals surface area contributed by atoms with Gasteiger partial charge in [-0.15, -0.1) is 0 Å². The Morgan fingerprint density at radius 3 is 2.94 bits per heavy atom. The molecule has 16 heavy (non-hydrogen) atoms. The third-order valence-corrected chi connectivity index (χ3v) is 2.13. The van der Waals surface area contributed by atoms with Gasteiger partial charge in [0.25, 0.3) is 0 Å². The fraction of sp³-hybridized carbons (Fsp3) is 0.300. The van der Waals surface area contributed by atoms with E-state index < -0.39 is 0 Å². The fourth-order valence-electron chi connectivity index (χ4n) is 1.42. The van der Waals surface area contributed by atoms with Crippen LogP contribution in [-0.4, -0.2) is 19.7 Å². The smallest absolute Gasteiger partial charge is 0.171 e. The van der Waals surface area contributed by atoms with Crippen molar-refractivity contribution >= 4 is 11.5 Å². The molecule has 0 radical (unpaired) electrons. The van der Waals surface area contributed by atoms with Crippen LogP contribution in [0.1, 0.15) is 11.5 Å². The summed E-state index contributed by atoms with van der Waals surface area (Å²) in [6.07, 6.45) is 3.49. The van der Waals surface area contributed by atoms with E-state index >= 15 is 0 Å². The van der Waals surface area contributed by atoms with Gasteiger partial charge in [0.05, 0.1) is 17.9 Å². The van der Waals surface area contributed by atoms with Gasteiger partial charge >= 0.3 is 0 Å². The van der Waals surface area contributed by atoms with Crippen LogP contribution in [0, 0.1) is 6.92 Å². The second-order valence-electron chi connectivity index (χ2n) is 3.56. The summed E-state index contributed by atoms with van der Waals surface area (Å²) in [5, 5.41) is 7.31. The number of aryl methyl sites for hydroxylation is 2. The summed E-state index contributed by atoms with van der Waals surface area (Å²) in [5.41, 5.74) is 7.30. The zero-order chi connectivity index (χ0) is 11.5. The van der Waals surface area contributed by atoms with E-state index in [0.717, 1.165) is 11.5 Å². The third-order valence-electron chi connectivity index (χ3n) is 2.13. The van der Waals surface area contributed by atoms with Crippen molar-refractivity contribution in [3.63, 3.8) is 0 Å². The topological polar surface area (TPSA) is 81.7 Å². The largest absolute Gasteiger partial charge is 0.394 e. The summed E-state index contributed by atoms with van der Waals surface area (Å²) in [4.78, 5) is 8.31. The maximum Gasteiger partial charge on any atom is 0.171 e. The van der Waals surface area contributed by atoms with Crippen molar-refractivity contribution in [3.05, 3.63) is 30.0 Å². The predicted octanol–water partition coefficient (Wildman–Crippen LogP) is 0.713. The normalized spacial score (nSPS) is 10.4. The molecule has 0 atom stereocenters. The van der Waals surface area contributed by atoms with Crippen molar-refractivity contribution in [1.82, 2.24) is 19.7 Å². The number of nitrogens with zero attached hydrogens (tertiary/aromatic N) is 4. The molecule has 0 fully saturated rings. The molecule has 0 saturated carbocycles. The number of anilines is 2. The first-order valence-electron chi connectivity index (χ1n) is 4.96. The van der Waals surface area contributed by atoms with Gasteiger partial charge in [0, 0.05) is 19.4 Å². The SMILES string of the molecule is Cc1nccc(CNc2nn(C)cc2N)n1. The van der Waals surface area contributed by atoms with Gasteiger partial charge in [-0.25, -0.2) is 9.97 Å². The quantitative estimate of drug-likeness (QED) is 0.793. The lowest BCUT2D eigenvalue weighted by molar-refractivity contribution is 0.767. The van der Waals surface area contributed by atoms with Crippen LogP contribution in [-0.2, 0) is 13.6 Å². The molecule has 6 nitrogen and oxygen atoms in total. The van der Waals surface area contributed by atoms with Gasteiger partial charge in [-0.2, -0.15) is 5.10 Å². The van der Waals surface area contributed by atoms with Crippen LogP contribution in [0.2, 0.25) is 0 Å². The molecule has 0 aliphatic rings. The first kappa shape index (κ1) is 10.4. The van der Waals surface area contributed by atoms with Crippen molar-refractivity contribution in [1.29, 1.82) is 0 Å². The standard InChI is InChI=1S/C10H14N6/c1-7-12-4-3-8(14-7)5-13-10-9(11)6-16(2)15-10/h3-4,6H,5,11H2,1-2H3,(H,13,15). The fourth-order valence-corrected chi connectivity index (χ4v) is 1.42. The van der Waals surface area contributed by atoms with E-state index in [2.05, 4.69) is 20.4 Å². The highest BCUT2D eigenvalue weighted by atomic mass is 15.3. The lowest BCUT2D eigenvalue weighted by atomic mass is 10.4. The minimum Gasteiger partial charge on any atom is -0.394 e. The molecule has 6 heteroatoms. The first-order chi connectivity index (χ1) is 7.65. The summed E-state index contributed by atoms with van der Waals surface area (Å²) in [6, 6.07) is 1.86. The molecule has 0 aliphatic carbocycles. The number of rotatable bonds is 3. The zero-order valence-electron chi connectivity index (χ0n) is 9.31. The molecule has 0 aromatic carbocycles. The molecule has 2 heterocycles. The minimum absolute atomic E-state index is 0.588. The van der Waals surface area contributed by atoms with Gasteiger partial charge < -0.3 is 11.1 Å². The summed E-state index contributed by atoms with van der Waals surface area (Å²) in [5.74, 6) is 1.44. The summed E-state index contributed by atoms with van der Waals surface area (Å²) in [6.45, 7) is 2.45. The molecule has 2 rings (SSSR count). The van der Waals surface area contributed by atoms with E-state index in [1.54, 1.807) is 17.1 Å². The Bertz CT molecular complexity index is 490. The Morgan fingerprint density at radius 1 is 1.50 bits per heavy atom. The highest BCUT2D eigenvalue weighted by molar-refractivity contribution is 5.59. The van der Waals surface area contributed by atoms with Gasteiger partial charge in [-0.1, -0.05) is 0 Å². The molecule has 0 spiro atoms. The van der Waals surface area contributed by atoms with E-state index in [1.807, 2.05) is 20.0 Å². The molecule has 0 amide bonds. The number of nitrogens with one attached hydrogen (secondary N) is 1. The predicted molar refractivity (Wildman–Crippen MR) is 61.7 cm³/mol. The van der Waals surface area contributed by atoms with Crippen LogP contribution in [0.3, 0.4) is 0 Å². The van der Waals surface area contributed by atoms with Gasteiger partial charge in [0.15, 0.2) is 5.82 Å². The molecule has 3 N–H and O–H groups in total. The van der Waals surface area contributed by atoms with E-state index in [4.69, 9.17) is 5.73 Å². The van der Waals surface area contributed by atoms with E-state index in [0.29, 0.717) is 18.1 Å². The van der Waals surface area contributed by atoms with E-state index in [-0.39, 0.29) is 0 Å². The average Bonchev–Trinajstić information content (AvgIpc) is 2.54. The number of hydrogen-bond acceptors (Lipinski definition) is 5. The molecule has 0 unspecified atom stereocenters. The van der Waals surface area contributed by atoms with Crippen LogP contribution in [0.4, 0.5) is 11.5 Å². The van der Waals surface area contributed by atoms with Crippen molar-refractivity contribution in [2.75, 3.05) is 11.1 Å². The Labute approximate surface area is 93.5 Å². The average molecular weight is 218 g/mol. The Morgan fingerprint density at radius 2 is 2.31 bits per heavy atom. The number of nitrogens with two attached hydrogens (primary N) is 1. The summed E-state index contributed by atoms with van der Waals surface area (Å²) in [7, 11) is 1.83. The van der Waals surface area contributed by atoms with Crippen LogP contribution >= 0.6 is 0 Å². The molecule has 0 aliphatic heterocycles. The van der Waals surface area contributed by atoms with Crippen LogP contribution < -0.4 is 11.1 Å². The first-order valence-corrected chi connectivity index (χ1v) is 4.96. The van der Waals surface area contributed by atoms with E-state index in [9.17, 15) is 0 Å². The lowest BCUT2D eigenvalue weighted by Gasteiger charge is -2.03. The molecule has 2 aromatic rings. The minimum atomic E-state index is 0.588. The zero-order valence-corrected chi connectivity index (χ0v) is 9.31. The van der Waals surface area contributed by atoms with Crippen molar-refractivity contribution in [3.8, 4) is 0 Å².